The van der Waals surface area contributed by atoms with Gasteiger partial charge < -0.3 is 5.73 Å². The van der Waals surface area contributed by atoms with E-state index >= 15 is 0 Å². The van der Waals surface area contributed by atoms with Gasteiger partial charge in [-0.3, -0.25) is 9.88 Å². The molecule has 1 aromatic rings. The number of nitrogens with two attached hydrogens (primary N) is 1. The Balaban J connectivity index is 2.38. The number of aromatic nitrogens is 1. The van der Waals surface area contributed by atoms with E-state index in [0.29, 0.717) is 6.04 Å². The van der Waals surface area contributed by atoms with Gasteiger partial charge in [-0.2, -0.15) is 0 Å². The molecular weight excluding hydrogens is 186 g/mol. The second-order valence-corrected chi connectivity index (χ2v) is 4.06. The van der Waals surface area contributed by atoms with Crippen molar-refractivity contribution in [2.75, 3.05) is 13.6 Å². The standard InChI is InChI=1S/C12H21N3/c1-11(5-3-7-13)15(2)10-12-6-4-8-14-9-12/h4,6,8-9,11H,3,5,7,10,13H2,1-2H3. The Bertz CT molecular complexity index is 261. The quantitative estimate of drug-likeness (QED) is 0.771. The van der Waals surface area contributed by atoms with Crippen molar-refractivity contribution in [1.82, 2.24) is 9.88 Å². The monoisotopic (exact) mass is 207 g/mol. The summed E-state index contributed by atoms with van der Waals surface area (Å²) in [5.41, 5.74) is 6.76. The van der Waals surface area contributed by atoms with Gasteiger partial charge in [-0.25, -0.2) is 0 Å². The molecule has 0 aliphatic heterocycles. The molecule has 0 spiro atoms. The summed E-state index contributed by atoms with van der Waals surface area (Å²) in [6.45, 7) is 3.98. The molecule has 0 aliphatic rings. The fourth-order valence-electron chi connectivity index (χ4n) is 1.57. The molecule has 3 nitrogen and oxygen atoms in total. The zero-order valence-electron chi connectivity index (χ0n) is 9.69. The summed E-state index contributed by atoms with van der Waals surface area (Å²) in [7, 11) is 2.15. The van der Waals surface area contributed by atoms with Crippen molar-refractivity contribution in [3.8, 4) is 0 Å². The molecule has 0 aliphatic carbocycles. The summed E-state index contributed by atoms with van der Waals surface area (Å²) >= 11 is 0. The second-order valence-electron chi connectivity index (χ2n) is 4.06. The van der Waals surface area contributed by atoms with Crippen molar-refractivity contribution in [3.05, 3.63) is 30.1 Å². The fourth-order valence-corrected chi connectivity index (χ4v) is 1.57. The Morgan fingerprint density at radius 3 is 2.93 bits per heavy atom. The lowest BCUT2D eigenvalue weighted by Gasteiger charge is -2.24. The minimum Gasteiger partial charge on any atom is -0.330 e. The van der Waals surface area contributed by atoms with Crippen LogP contribution in [0, 0.1) is 0 Å². The van der Waals surface area contributed by atoms with Crippen molar-refractivity contribution in [1.29, 1.82) is 0 Å². The maximum atomic E-state index is 5.50. The van der Waals surface area contributed by atoms with Crippen LogP contribution in [-0.2, 0) is 6.54 Å². The first-order chi connectivity index (χ1) is 7.24. The first-order valence-electron chi connectivity index (χ1n) is 5.53. The summed E-state index contributed by atoms with van der Waals surface area (Å²) in [4.78, 5) is 6.45. The molecule has 84 valence electrons. The molecule has 0 saturated carbocycles. The van der Waals surface area contributed by atoms with Crippen molar-refractivity contribution < 1.29 is 0 Å². The van der Waals surface area contributed by atoms with Gasteiger partial charge in [0.25, 0.3) is 0 Å². The van der Waals surface area contributed by atoms with Crippen LogP contribution in [0.15, 0.2) is 24.5 Å². The van der Waals surface area contributed by atoms with E-state index in [0.717, 1.165) is 25.9 Å². The van der Waals surface area contributed by atoms with Gasteiger partial charge in [-0.15, -0.1) is 0 Å². The molecule has 2 N–H and O–H groups in total. The maximum absolute atomic E-state index is 5.50. The highest BCUT2D eigenvalue weighted by Gasteiger charge is 2.08. The van der Waals surface area contributed by atoms with Crippen LogP contribution in [0.3, 0.4) is 0 Å². The molecule has 0 fully saturated rings. The number of pyridine rings is 1. The van der Waals surface area contributed by atoms with E-state index in [1.54, 1.807) is 6.20 Å². The van der Waals surface area contributed by atoms with E-state index < -0.39 is 0 Å². The van der Waals surface area contributed by atoms with Crippen LogP contribution in [-0.4, -0.2) is 29.5 Å². The van der Waals surface area contributed by atoms with E-state index in [2.05, 4.69) is 29.9 Å². The topological polar surface area (TPSA) is 42.1 Å². The normalized spacial score (nSPS) is 13.1. The Kier molecular flexibility index (Phi) is 5.29. The smallest absolute Gasteiger partial charge is 0.0312 e. The van der Waals surface area contributed by atoms with Gasteiger partial charge >= 0.3 is 0 Å². The third-order valence-corrected chi connectivity index (χ3v) is 2.73. The van der Waals surface area contributed by atoms with Gasteiger partial charge in [-0.1, -0.05) is 6.07 Å². The third kappa shape index (κ3) is 4.40. The average Bonchev–Trinajstić information content (AvgIpc) is 2.27. The van der Waals surface area contributed by atoms with Crippen LogP contribution in [0.1, 0.15) is 25.3 Å². The SMILES string of the molecule is CC(CCCN)N(C)Cc1cccnc1. The van der Waals surface area contributed by atoms with Gasteiger partial charge in [0, 0.05) is 25.0 Å². The van der Waals surface area contributed by atoms with Gasteiger partial charge in [0.05, 0.1) is 0 Å². The summed E-state index contributed by atoms with van der Waals surface area (Å²) in [6, 6.07) is 4.67. The van der Waals surface area contributed by atoms with Crippen LogP contribution in [0.4, 0.5) is 0 Å². The summed E-state index contributed by atoms with van der Waals surface area (Å²) < 4.78 is 0. The summed E-state index contributed by atoms with van der Waals surface area (Å²) in [5, 5.41) is 0. The number of hydrogen-bond donors (Lipinski definition) is 1. The van der Waals surface area contributed by atoms with E-state index in [-0.39, 0.29) is 0 Å². The van der Waals surface area contributed by atoms with Crippen molar-refractivity contribution >= 4 is 0 Å². The molecule has 0 saturated heterocycles. The lowest BCUT2D eigenvalue weighted by molar-refractivity contribution is 0.235. The van der Waals surface area contributed by atoms with Crippen molar-refractivity contribution in [2.45, 2.75) is 32.4 Å². The lowest BCUT2D eigenvalue weighted by Crippen LogP contribution is -2.29. The van der Waals surface area contributed by atoms with Crippen molar-refractivity contribution in [2.24, 2.45) is 5.73 Å². The zero-order valence-corrected chi connectivity index (χ0v) is 9.69. The predicted molar refractivity (Wildman–Crippen MR) is 63.5 cm³/mol. The van der Waals surface area contributed by atoms with Crippen LogP contribution >= 0.6 is 0 Å². The molecule has 0 bridgehead atoms. The lowest BCUT2D eigenvalue weighted by atomic mass is 10.1. The molecular formula is C12H21N3. The molecule has 0 aromatic carbocycles. The highest BCUT2D eigenvalue weighted by Crippen LogP contribution is 2.08. The number of hydrogen-bond acceptors (Lipinski definition) is 3. The van der Waals surface area contributed by atoms with Gasteiger partial charge in [0.15, 0.2) is 0 Å². The van der Waals surface area contributed by atoms with Gasteiger partial charge in [0.1, 0.15) is 0 Å². The molecule has 1 aromatic heterocycles. The van der Waals surface area contributed by atoms with E-state index in [9.17, 15) is 0 Å². The van der Waals surface area contributed by atoms with E-state index in [4.69, 9.17) is 5.73 Å². The highest BCUT2D eigenvalue weighted by molar-refractivity contribution is 5.08. The molecule has 0 radical (unpaired) electrons. The van der Waals surface area contributed by atoms with Crippen LogP contribution in [0.25, 0.3) is 0 Å². The maximum Gasteiger partial charge on any atom is 0.0312 e. The third-order valence-electron chi connectivity index (χ3n) is 2.73. The molecule has 1 unspecified atom stereocenters. The first-order valence-corrected chi connectivity index (χ1v) is 5.53. The van der Waals surface area contributed by atoms with Gasteiger partial charge in [-0.05, 0) is 45.0 Å². The zero-order chi connectivity index (χ0) is 11.1. The van der Waals surface area contributed by atoms with Crippen LogP contribution < -0.4 is 5.73 Å². The molecule has 1 rings (SSSR count). The molecule has 1 atom stereocenters. The van der Waals surface area contributed by atoms with Gasteiger partial charge in [0.2, 0.25) is 0 Å². The second kappa shape index (κ2) is 6.53. The fraction of sp³-hybridized carbons (Fsp3) is 0.583. The molecule has 1 heterocycles. The summed E-state index contributed by atoms with van der Waals surface area (Å²) in [5.74, 6) is 0. The Labute approximate surface area is 92.3 Å². The number of nitrogens with zero attached hydrogens (tertiary/aromatic N) is 2. The Morgan fingerprint density at radius 2 is 2.33 bits per heavy atom. The first kappa shape index (κ1) is 12.1. The van der Waals surface area contributed by atoms with Crippen molar-refractivity contribution in [3.63, 3.8) is 0 Å². The van der Waals surface area contributed by atoms with Crippen LogP contribution in [0.2, 0.25) is 0 Å². The predicted octanol–water partition coefficient (Wildman–Crippen LogP) is 1.64. The largest absolute Gasteiger partial charge is 0.330 e. The molecule has 3 heteroatoms. The highest BCUT2D eigenvalue weighted by atomic mass is 15.1. The number of rotatable bonds is 6. The van der Waals surface area contributed by atoms with E-state index in [1.807, 2.05) is 12.3 Å². The average molecular weight is 207 g/mol. The Morgan fingerprint density at radius 1 is 1.53 bits per heavy atom. The van der Waals surface area contributed by atoms with E-state index in [1.165, 1.54) is 5.56 Å². The van der Waals surface area contributed by atoms with Crippen LogP contribution in [0.5, 0.6) is 0 Å². The Hall–Kier alpha value is -0.930. The molecule has 0 amide bonds. The molecule has 15 heavy (non-hydrogen) atoms. The minimum atomic E-state index is 0.578. The minimum absolute atomic E-state index is 0.578. The summed E-state index contributed by atoms with van der Waals surface area (Å²) in [6.07, 6.45) is 5.99.